The predicted molar refractivity (Wildman–Crippen MR) is 52.9 cm³/mol. The lowest BCUT2D eigenvalue weighted by molar-refractivity contribution is -0.146. The van der Waals surface area contributed by atoms with Crippen molar-refractivity contribution in [2.45, 2.75) is 31.7 Å². The Kier molecular flexibility index (Phi) is 4.90. The number of carbonyl (C=O) groups is 1. The van der Waals surface area contributed by atoms with Crippen molar-refractivity contribution in [1.29, 1.82) is 0 Å². The van der Waals surface area contributed by atoms with Crippen LogP contribution < -0.4 is 5.32 Å². The van der Waals surface area contributed by atoms with Crippen molar-refractivity contribution < 1.29 is 14.6 Å². The smallest absolute Gasteiger partial charge is 0.308 e. The van der Waals surface area contributed by atoms with Crippen molar-refractivity contribution >= 4 is 5.97 Å². The highest BCUT2D eigenvalue weighted by Gasteiger charge is 2.26. The molecule has 4 heteroatoms. The van der Waals surface area contributed by atoms with Gasteiger partial charge in [0.2, 0.25) is 0 Å². The van der Waals surface area contributed by atoms with Gasteiger partial charge in [-0.15, -0.1) is 0 Å². The zero-order valence-electron chi connectivity index (χ0n) is 8.66. The lowest BCUT2D eigenvalue weighted by Gasteiger charge is -2.27. The minimum atomic E-state index is -0.0781. The molecule has 0 unspecified atom stereocenters. The predicted octanol–water partition coefficient (Wildman–Crippen LogP) is 0.300. The summed E-state index contributed by atoms with van der Waals surface area (Å²) in [6, 6.07) is 0.461. The number of hydrogen-bond acceptors (Lipinski definition) is 4. The number of nitrogens with one attached hydrogen (secondary N) is 1. The van der Waals surface area contributed by atoms with Crippen molar-refractivity contribution in [3.63, 3.8) is 0 Å². The first-order valence-electron chi connectivity index (χ1n) is 5.20. The van der Waals surface area contributed by atoms with Gasteiger partial charge in [0.05, 0.1) is 19.6 Å². The first kappa shape index (κ1) is 11.5. The van der Waals surface area contributed by atoms with Crippen LogP contribution in [0.15, 0.2) is 0 Å². The number of hydrogen-bond donors (Lipinski definition) is 2. The molecule has 0 spiro atoms. The van der Waals surface area contributed by atoms with Gasteiger partial charge < -0.3 is 15.2 Å². The molecule has 82 valence electrons. The molecule has 0 aromatic heterocycles. The molecular weight excluding hydrogens is 182 g/mol. The van der Waals surface area contributed by atoms with E-state index in [1.807, 2.05) is 0 Å². The van der Waals surface area contributed by atoms with Gasteiger partial charge in [-0.2, -0.15) is 0 Å². The Labute approximate surface area is 84.6 Å². The van der Waals surface area contributed by atoms with Gasteiger partial charge in [0.15, 0.2) is 0 Å². The van der Waals surface area contributed by atoms with Crippen LogP contribution in [0.3, 0.4) is 0 Å². The maximum Gasteiger partial charge on any atom is 0.308 e. The minimum Gasteiger partial charge on any atom is -0.469 e. The standard InChI is InChI=1S/C10H19NO3/c1-14-10(13)8-2-4-9(5-3-8)11-6-7-12/h8-9,11-12H,2-7H2,1H3/t8-,9-. The van der Waals surface area contributed by atoms with E-state index in [-0.39, 0.29) is 18.5 Å². The summed E-state index contributed by atoms with van der Waals surface area (Å²) < 4.78 is 4.71. The molecular formula is C10H19NO3. The molecule has 1 saturated carbocycles. The van der Waals surface area contributed by atoms with Crippen LogP contribution >= 0.6 is 0 Å². The molecule has 0 aromatic rings. The van der Waals surface area contributed by atoms with Gasteiger partial charge in [0.25, 0.3) is 0 Å². The molecule has 2 N–H and O–H groups in total. The zero-order valence-corrected chi connectivity index (χ0v) is 8.66. The Balaban J connectivity index is 2.20. The van der Waals surface area contributed by atoms with E-state index in [9.17, 15) is 4.79 Å². The summed E-state index contributed by atoms with van der Waals surface area (Å²) in [5.41, 5.74) is 0. The van der Waals surface area contributed by atoms with Crippen LogP contribution in [-0.4, -0.2) is 37.4 Å². The molecule has 0 aromatic carbocycles. The number of esters is 1. The van der Waals surface area contributed by atoms with Gasteiger partial charge >= 0.3 is 5.97 Å². The number of aliphatic hydroxyl groups is 1. The van der Waals surface area contributed by atoms with E-state index in [1.165, 1.54) is 7.11 Å². The highest BCUT2D eigenvalue weighted by Crippen LogP contribution is 2.24. The fraction of sp³-hybridized carbons (Fsp3) is 0.900. The number of aliphatic hydroxyl groups excluding tert-OH is 1. The van der Waals surface area contributed by atoms with Crippen LogP contribution in [0.5, 0.6) is 0 Å². The number of methoxy groups -OCH3 is 1. The van der Waals surface area contributed by atoms with Crippen LogP contribution in [0, 0.1) is 5.92 Å². The molecule has 0 saturated heterocycles. The third-order valence-corrected chi connectivity index (χ3v) is 2.81. The van der Waals surface area contributed by atoms with E-state index in [4.69, 9.17) is 9.84 Å². The van der Waals surface area contributed by atoms with Gasteiger partial charge in [-0.3, -0.25) is 4.79 Å². The normalized spacial score (nSPS) is 27.3. The van der Waals surface area contributed by atoms with Crippen LogP contribution in [0.25, 0.3) is 0 Å². The molecule has 0 radical (unpaired) electrons. The lowest BCUT2D eigenvalue weighted by atomic mass is 9.86. The minimum absolute atomic E-state index is 0.0781. The zero-order chi connectivity index (χ0) is 10.4. The Hall–Kier alpha value is -0.610. The Morgan fingerprint density at radius 3 is 2.57 bits per heavy atom. The average molecular weight is 201 g/mol. The monoisotopic (exact) mass is 201 g/mol. The lowest BCUT2D eigenvalue weighted by Crippen LogP contribution is -2.36. The fourth-order valence-electron chi connectivity index (χ4n) is 1.97. The molecule has 1 aliphatic carbocycles. The van der Waals surface area contributed by atoms with Crippen molar-refractivity contribution in [3.05, 3.63) is 0 Å². The SMILES string of the molecule is COC(=O)[C@H]1CC[C@H](NCCO)CC1. The maximum atomic E-state index is 11.2. The summed E-state index contributed by atoms with van der Waals surface area (Å²) in [6.07, 6.45) is 3.80. The Morgan fingerprint density at radius 1 is 1.43 bits per heavy atom. The van der Waals surface area contributed by atoms with Crippen LogP contribution in [0.1, 0.15) is 25.7 Å². The molecule has 0 aliphatic heterocycles. The van der Waals surface area contributed by atoms with Gasteiger partial charge in [-0.25, -0.2) is 0 Å². The second-order valence-electron chi connectivity index (χ2n) is 3.75. The molecule has 1 rings (SSSR count). The van der Waals surface area contributed by atoms with Crippen molar-refractivity contribution in [1.82, 2.24) is 5.32 Å². The number of ether oxygens (including phenoxy) is 1. The fourth-order valence-corrected chi connectivity index (χ4v) is 1.97. The first-order chi connectivity index (χ1) is 6.77. The first-order valence-corrected chi connectivity index (χ1v) is 5.20. The summed E-state index contributed by atoms with van der Waals surface area (Å²) in [4.78, 5) is 11.2. The van der Waals surface area contributed by atoms with Crippen LogP contribution in [0.2, 0.25) is 0 Å². The van der Waals surface area contributed by atoms with E-state index in [0.717, 1.165) is 25.7 Å². The summed E-state index contributed by atoms with van der Waals surface area (Å²) in [7, 11) is 1.44. The maximum absolute atomic E-state index is 11.2. The molecule has 14 heavy (non-hydrogen) atoms. The molecule has 0 bridgehead atoms. The highest BCUT2D eigenvalue weighted by molar-refractivity contribution is 5.72. The summed E-state index contributed by atoms with van der Waals surface area (Å²) in [5, 5.41) is 11.9. The van der Waals surface area contributed by atoms with E-state index in [1.54, 1.807) is 0 Å². The van der Waals surface area contributed by atoms with Gasteiger partial charge in [0.1, 0.15) is 0 Å². The summed E-state index contributed by atoms with van der Waals surface area (Å²) in [6.45, 7) is 0.824. The average Bonchev–Trinajstić information content (AvgIpc) is 2.26. The van der Waals surface area contributed by atoms with E-state index < -0.39 is 0 Å². The van der Waals surface area contributed by atoms with Gasteiger partial charge in [0, 0.05) is 12.6 Å². The summed E-state index contributed by atoms with van der Waals surface area (Å²) in [5.74, 6) is 0.0118. The van der Waals surface area contributed by atoms with Gasteiger partial charge in [-0.1, -0.05) is 0 Å². The van der Waals surface area contributed by atoms with Crippen LogP contribution in [-0.2, 0) is 9.53 Å². The molecule has 0 heterocycles. The highest BCUT2D eigenvalue weighted by atomic mass is 16.5. The third-order valence-electron chi connectivity index (χ3n) is 2.81. The van der Waals surface area contributed by atoms with E-state index in [2.05, 4.69) is 5.32 Å². The van der Waals surface area contributed by atoms with Crippen molar-refractivity contribution in [3.8, 4) is 0 Å². The van der Waals surface area contributed by atoms with Crippen molar-refractivity contribution in [2.24, 2.45) is 5.92 Å². The van der Waals surface area contributed by atoms with Gasteiger partial charge in [-0.05, 0) is 25.7 Å². The second-order valence-corrected chi connectivity index (χ2v) is 3.75. The number of carbonyl (C=O) groups excluding carboxylic acids is 1. The Morgan fingerprint density at radius 2 is 2.07 bits per heavy atom. The van der Waals surface area contributed by atoms with Crippen LogP contribution in [0.4, 0.5) is 0 Å². The number of rotatable bonds is 4. The molecule has 0 amide bonds. The largest absolute Gasteiger partial charge is 0.469 e. The van der Waals surface area contributed by atoms with Crippen molar-refractivity contribution in [2.75, 3.05) is 20.3 Å². The molecule has 1 aliphatic rings. The Bertz CT molecular complexity index is 176. The quantitative estimate of drug-likeness (QED) is 0.642. The third kappa shape index (κ3) is 3.27. The topological polar surface area (TPSA) is 58.6 Å². The molecule has 0 atom stereocenters. The summed E-state index contributed by atoms with van der Waals surface area (Å²) >= 11 is 0. The molecule has 4 nitrogen and oxygen atoms in total. The molecule has 1 fully saturated rings. The second kappa shape index (κ2) is 5.98. The van der Waals surface area contributed by atoms with E-state index >= 15 is 0 Å². The van der Waals surface area contributed by atoms with E-state index in [0.29, 0.717) is 12.6 Å².